The molecule has 2 N–H and O–H groups in total. The highest BCUT2D eigenvalue weighted by Gasteiger charge is 2.24. The molecule has 0 bridgehead atoms. The molecule has 0 saturated heterocycles. The topological polar surface area (TPSA) is 73.8 Å². The van der Waals surface area contributed by atoms with E-state index in [2.05, 4.69) is 10.3 Å². The van der Waals surface area contributed by atoms with Crippen molar-refractivity contribution in [3.63, 3.8) is 0 Å². The van der Waals surface area contributed by atoms with E-state index in [9.17, 15) is 22.4 Å². The second-order valence-corrected chi connectivity index (χ2v) is 2.94. The number of carbonyl (C=O) groups is 1. The van der Waals surface area contributed by atoms with Crippen LogP contribution in [0.4, 0.5) is 17.6 Å². The van der Waals surface area contributed by atoms with E-state index in [1.54, 1.807) is 0 Å². The summed E-state index contributed by atoms with van der Waals surface area (Å²) in [6, 6.07) is 0. The number of aromatic nitrogens is 3. The van der Waals surface area contributed by atoms with E-state index < -0.39 is 37.4 Å². The van der Waals surface area contributed by atoms with Crippen molar-refractivity contribution in [1.29, 1.82) is 0 Å². The van der Waals surface area contributed by atoms with Gasteiger partial charge in [0, 0.05) is 0 Å². The monoisotopic (exact) mass is 240 g/mol. The normalized spacial score (nSPS) is 11.4. The third kappa shape index (κ3) is 2.91. The van der Waals surface area contributed by atoms with Crippen LogP contribution >= 0.6 is 0 Å². The zero-order chi connectivity index (χ0) is 12.3. The number of primary amides is 1. The molecule has 1 aromatic rings. The van der Waals surface area contributed by atoms with Crippen molar-refractivity contribution in [3.8, 4) is 0 Å². The standard InChI is InChI=1S/C7H8F4N4O/c8-4(9)2-15-6(7(10)11)3(13-14-15)1-5(12)16/h4,7H,1-2H2,(H2,12,16). The Balaban J connectivity index is 3.01. The Labute approximate surface area is 87.2 Å². The second kappa shape index (κ2) is 4.90. The minimum atomic E-state index is -3.04. The van der Waals surface area contributed by atoms with Crippen LogP contribution in [0.5, 0.6) is 0 Å². The maximum Gasteiger partial charge on any atom is 0.281 e. The lowest BCUT2D eigenvalue weighted by Gasteiger charge is -2.05. The van der Waals surface area contributed by atoms with Gasteiger partial charge < -0.3 is 5.73 Å². The summed E-state index contributed by atoms with van der Waals surface area (Å²) in [6.45, 7) is -0.995. The first-order valence-corrected chi connectivity index (χ1v) is 4.18. The van der Waals surface area contributed by atoms with Gasteiger partial charge in [-0.15, -0.1) is 5.10 Å². The van der Waals surface area contributed by atoms with Gasteiger partial charge in [0.2, 0.25) is 5.91 Å². The van der Waals surface area contributed by atoms with Crippen molar-refractivity contribution in [2.45, 2.75) is 25.8 Å². The summed E-state index contributed by atoms with van der Waals surface area (Å²) in [4.78, 5) is 10.5. The van der Waals surface area contributed by atoms with Gasteiger partial charge in [0.1, 0.15) is 17.9 Å². The zero-order valence-corrected chi connectivity index (χ0v) is 7.91. The van der Waals surface area contributed by atoms with Crippen LogP contribution in [-0.4, -0.2) is 27.3 Å². The highest BCUT2D eigenvalue weighted by atomic mass is 19.3. The number of nitrogens with zero attached hydrogens (tertiary/aromatic N) is 3. The molecule has 1 amide bonds. The Kier molecular flexibility index (Phi) is 3.80. The van der Waals surface area contributed by atoms with E-state index in [0.717, 1.165) is 0 Å². The van der Waals surface area contributed by atoms with Gasteiger partial charge in [0.05, 0.1) is 6.42 Å². The first-order chi connectivity index (χ1) is 7.41. The molecule has 0 aliphatic carbocycles. The fraction of sp³-hybridized carbons (Fsp3) is 0.571. The Hall–Kier alpha value is -1.67. The van der Waals surface area contributed by atoms with Crippen molar-refractivity contribution < 1.29 is 22.4 Å². The molecule has 0 aliphatic rings. The molecule has 0 aliphatic heterocycles. The minimum Gasteiger partial charge on any atom is -0.369 e. The largest absolute Gasteiger partial charge is 0.369 e. The van der Waals surface area contributed by atoms with Crippen LogP contribution < -0.4 is 5.73 Å². The van der Waals surface area contributed by atoms with E-state index in [0.29, 0.717) is 4.68 Å². The number of nitrogens with two attached hydrogens (primary N) is 1. The lowest BCUT2D eigenvalue weighted by Crippen LogP contribution is -2.16. The van der Waals surface area contributed by atoms with Gasteiger partial charge in [-0.1, -0.05) is 5.21 Å². The number of carbonyl (C=O) groups excluding carboxylic acids is 1. The molecule has 1 heterocycles. The number of rotatable bonds is 5. The third-order valence-corrected chi connectivity index (χ3v) is 1.71. The first kappa shape index (κ1) is 12.4. The minimum absolute atomic E-state index is 0.372. The van der Waals surface area contributed by atoms with E-state index in [4.69, 9.17) is 5.73 Å². The summed E-state index contributed by atoms with van der Waals surface area (Å²) < 4.78 is 49.5. The Morgan fingerprint density at radius 2 is 2.00 bits per heavy atom. The van der Waals surface area contributed by atoms with Crippen molar-refractivity contribution in [1.82, 2.24) is 15.0 Å². The molecular formula is C7H8F4N4O. The van der Waals surface area contributed by atoms with E-state index in [1.165, 1.54) is 0 Å². The molecule has 1 aromatic heterocycles. The van der Waals surface area contributed by atoms with E-state index >= 15 is 0 Å². The second-order valence-electron chi connectivity index (χ2n) is 2.94. The number of alkyl halides is 4. The van der Waals surface area contributed by atoms with Gasteiger partial charge in [0.15, 0.2) is 0 Å². The van der Waals surface area contributed by atoms with Gasteiger partial charge >= 0.3 is 0 Å². The molecule has 0 spiro atoms. The lowest BCUT2D eigenvalue weighted by atomic mass is 10.2. The maximum atomic E-state index is 12.5. The van der Waals surface area contributed by atoms with Crippen LogP contribution in [0.3, 0.4) is 0 Å². The Morgan fingerprint density at radius 3 is 2.44 bits per heavy atom. The van der Waals surface area contributed by atoms with Gasteiger partial charge in [0.25, 0.3) is 12.9 Å². The van der Waals surface area contributed by atoms with Gasteiger partial charge in [-0.2, -0.15) is 0 Å². The summed E-state index contributed by atoms with van der Waals surface area (Å²) in [6.07, 6.45) is -6.42. The van der Waals surface area contributed by atoms with Gasteiger partial charge in [-0.05, 0) is 0 Å². The molecule has 16 heavy (non-hydrogen) atoms. The van der Waals surface area contributed by atoms with E-state index in [-0.39, 0.29) is 5.69 Å². The molecule has 0 fully saturated rings. The predicted molar refractivity (Wildman–Crippen MR) is 43.9 cm³/mol. The number of halogens is 4. The smallest absolute Gasteiger partial charge is 0.281 e. The quantitative estimate of drug-likeness (QED) is 0.762. The summed E-state index contributed by atoms with van der Waals surface area (Å²) in [5.74, 6) is -0.883. The fourth-order valence-electron chi connectivity index (χ4n) is 1.15. The number of hydrogen-bond acceptors (Lipinski definition) is 3. The van der Waals surface area contributed by atoms with Crippen molar-refractivity contribution in [2.75, 3.05) is 0 Å². The molecule has 1 rings (SSSR count). The van der Waals surface area contributed by atoms with Crippen LogP contribution in [0.1, 0.15) is 17.8 Å². The highest BCUT2D eigenvalue weighted by molar-refractivity contribution is 5.76. The van der Waals surface area contributed by atoms with Gasteiger partial charge in [-0.25, -0.2) is 22.2 Å². The maximum absolute atomic E-state index is 12.5. The fourth-order valence-corrected chi connectivity index (χ4v) is 1.15. The summed E-state index contributed by atoms with van der Waals surface area (Å²) in [5.41, 5.74) is 3.63. The molecule has 0 saturated carbocycles. The summed E-state index contributed by atoms with van der Waals surface area (Å²) in [5, 5.41) is 6.36. The molecule has 0 aromatic carbocycles. The van der Waals surface area contributed by atoms with Gasteiger partial charge in [-0.3, -0.25) is 4.79 Å². The SMILES string of the molecule is NC(=O)Cc1nnn(CC(F)F)c1C(F)F. The van der Waals surface area contributed by atoms with Crippen LogP contribution in [0.15, 0.2) is 0 Å². The third-order valence-electron chi connectivity index (χ3n) is 1.71. The average molecular weight is 240 g/mol. The summed E-state index contributed by atoms with van der Waals surface area (Å²) >= 11 is 0. The van der Waals surface area contributed by atoms with Crippen LogP contribution in [0.25, 0.3) is 0 Å². The Bertz CT molecular complexity index is 378. The van der Waals surface area contributed by atoms with Crippen LogP contribution in [0.2, 0.25) is 0 Å². The first-order valence-electron chi connectivity index (χ1n) is 4.18. The molecule has 0 unspecified atom stereocenters. The molecular weight excluding hydrogens is 232 g/mol. The van der Waals surface area contributed by atoms with Crippen LogP contribution in [0, 0.1) is 0 Å². The Morgan fingerprint density at radius 1 is 1.38 bits per heavy atom. The molecule has 0 atom stereocenters. The molecule has 0 radical (unpaired) electrons. The zero-order valence-electron chi connectivity index (χ0n) is 7.91. The lowest BCUT2D eigenvalue weighted by molar-refractivity contribution is -0.117. The van der Waals surface area contributed by atoms with E-state index in [1.807, 2.05) is 0 Å². The summed E-state index contributed by atoms with van der Waals surface area (Å²) in [7, 11) is 0. The molecule has 9 heteroatoms. The highest BCUT2D eigenvalue weighted by Crippen LogP contribution is 2.22. The average Bonchev–Trinajstić information content (AvgIpc) is 2.45. The van der Waals surface area contributed by atoms with Crippen molar-refractivity contribution in [3.05, 3.63) is 11.4 Å². The van der Waals surface area contributed by atoms with Crippen molar-refractivity contribution in [2.24, 2.45) is 5.73 Å². The number of hydrogen-bond donors (Lipinski definition) is 1. The molecule has 90 valence electrons. The molecule has 5 nitrogen and oxygen atoms in total. The number of amides is 1. The van der Waals surface area contributed by atoms with Crippen molar-refractivity contribution >= 4 is 5.91 Å². The van der Waals surface area contributed by atoms with Crippen LogP contribution in [-0.2, 0) is 17.8 Å². The predicted octanol–water partition coefficient (Wildman–Crippen LogP) is 0.509.